The van der Waals surface area contributed by atoms with Crippen LogP contribution in [-0.2, 0) is 4.74 Å². The number of carbonyl (C=O) groups excluding carboxylic acids is 2. The monoisotopic (exact) mass is 373 g/mol. The molecule has 1 saturated heterocycles. The molecule has 3 aromatic rings. The molecule has 0 saturated carbocycles. The maximum atomic E-state index is 12.9. The molecule has 1 aliphatic rings. The SMILES string of the molecule is O=C(OC(c1ccccc1)c1ccccn1)c1cccc(N2CCNC2=O)c1. The molecule has 4 rings (SSSR count). The lowest BCUT2D eigenvalue weighted by Gasteiger charge is -2.19. The van der Waals surface area contributed by atoms with Crippen LogP contribution in [0, 0.1) is 0 Å². The number of esters is 1. The first kappa shape index (κ1) is 17.7. The standard InChI is InChI=1S/C22H19N3O3/c26-21(17-9-6-10-18(15-17)25-14-13-24-22(25)27)28-20(16-7-2-1-3-8-16)19-11-4-5-12-23-19/h1-12,15,20H,13-14H2,(H,24,27). The summed E-state index contributed by atoms with van der Waals surface area (Å²) in [4.78, 5) is 30.7. The fourth-order valence-corrected chi connectivity index (χ4v) is 3.15. The van der Waals surface area contributed by atoms with Crippen LogP contribution in [0.15, 0.2) is 79.0 Å². The van der Waals surface area contributed by atoms with E-state index in [-0.39, 0.29) is 6.03 Å². The van der Waals surface area contributed by atoms with Gasteiger partial charge in [-0.2, -0.15) is 0 Å². The highest BCUT2D eigenvalue weighted by atomic mass is 16.5. The number of ether oxygens (including phenoxy) is 1. The third kappa shape index (κ3) is 3.71. The molecule has 2 aromatic carbocycles. The molecule has 2 amide bonds. The predicted molar refractivity (Wildman–Crippen MR) is 105 cm³/mol. The molecule has 0 aliphatic carbocycles. The molecular weight excluding hydrogens is 354 g/mol. The van der Waals surface area contributed by atoms with E-state index in [0.717, 1.165) is 5.56 Å². The minimum atomic E-state index is -0.617. The number of anilines is 1. The summed E-state index contributed by atoms with van der Waals surface area (Å²) in [5.74, 6) is -0.471. The molecule has 6 heteroatoms. The zero-order valence-corrected chi connectivity index (χ0v) is 15.1. The van der Waals surface area contributed by atoms with E-state index in [1.165, 1.54) is 0 Å². The highest BCUT2D eigenvalue weighted by Crippen LogP contribution is 2.26. The Hall–Kier alpha value is -3.67. The lowest BCUT2D eigenvalue weighted by atomic mass is 10.1. The molecule has 140 valence electrons. The largest absolute Gasteiger partial charge is 0.447 e. The van der Waals surface area contributed by atoms with Crippen LogP contribution in [0.4, 0.5) is 10.5 Å². The first-order valence-electron chi connectivity index (χ1n) is 9.04. The Morgan fingerprint density at radius 2 is 1.86 bits per heavy atom. The van der Waals surface area contributed by atoms with Crippen LogP contribution in [-0.4, -0.2) is 30.1 Å². The molecule has 28 heavy (non-hydrogen) atoms. The molecule has 0 spiro atoms. The van der Waals surface area contributed by atoms with Gasteiger partial charge in [0.1, 0.15) is 0 Å². The van der Waals surface area contributed by atoms with Crippen LogP contribution in [0.1, 0.15) is 27.7 Å². The molecule has 1 N–H and O–H groups in total. The van der Waals surface area contributed by atoms with Crippen LogP contribution in [0.5, 0.6) is 0 Å². The van der Waals surface area contributed by atoms with E-state index < -0.39 is 12.1 Å². The minimum absolute atomic E-state index is 0.166. The van der Waals surface area contributed by atoms with Crippen molar-refractivity contribution in [1.82, 2.24) is 10.3 Å². The van der Waals surface area contributed by atoms with E-state index in [0.29, 0.717) is 30.0 Å². The summed E-state index contributed by atoms with van der Waals surface area (Å²) in [5.41, 5.74) is 2.54. The van der Waals surface area contributed by atoms with Crippen LogP contribution >= 0.6 is 0 Å². The maximum Gasteiger partial charge on any atom is 0.339 e. The van der Waals surface area contributed by atoms with Crippen LogP contribution in [0.2, 0.25) is 0 Å². The van der Waals surface area contributed by atoms with E-state index in [9.17, 15) is 9.59 Å². The van der Waals surface area contributed by atoms with Crippen LogP contribution in [0.3, 0.4) is 0 Å². The molecule has 1 aliphatic heterocycles. The predicted octanol–water partition coefficient (Wildman–Crippen LogP) is 3.56. The van der Waals surface area contributed by atoms with Crippen molar-refractivity contribution in [3.8, 4) is 0 Å². The van der Waals surface area contributed by atoms with Gasteiger partial charge < -0.3 is 10.1 Å². The van der Waals surface area contributed by atoms with Gasteiger partial charge in [-0.05, 0) is 35.9 Å². The summed E-state index contributed by atoms with van der Waals surface area (Å²) in [6.45, 7) is 1.15. The second kappa shape index (κ2) is 7.92. The molecular formula is C22H19N3O3. The third-order valence-corrected chi connectivity index (χ3v) is 4.53. The summed E-state index contributed by atoms with van der Waals surface area (Å²) < 4.78 is 5.83. The number of amides is 2. The van der Waals surface area contributed by atoms with Crippen molar-refractivity contribution in [3.05, 3.63) is 95.8 Å². The first-order valence-corrected chi connectivity index (χ1v) is 9.04. The number of benzene rings is 2. The average Bonchev–Trinajstić information content (AvgIpc) is 3.19. The van der Waals surface area contributed by atoms with E-state index >= 15 is 0 Å². The Balaban J connectivity index is 1.61. The number of aromatic nitrogens is 1. The van der Waals surface area contributed by atoms with Crippen LogP contribution < -0.4 is 10.2 Å². The summed E-state index contributed by atoms with van der Waals surface area (Å²) in [6, 6.07) is 21.7. The number of rotatable bonds is 5. The molecule has 1 unspecified atom stereocenters. The van der Waals surface area contributed by atoms with E-state index in [1.807, 2.05) is 48.5 Å². The van der Waals surface area contributed by atoms with Gasteiger partial charge in [0.2, 0.25) is 0 Å². The topological polar surface area (TPSA) is 71.5 Å². The van der Waals surface area contributed by atoms with Gasteiger partial charge in [0.05, 0.1) is 11.3 Å². The number of hydrogen-bond acceptors (Lipinski definition) is 4. The second-order valence-corrected chi connectivity index (χ2v) is 6.38. The van der Waals surface area contributed by atoms with Gasteiger partial charge in [0, 0.05) is 25.0 Å². The van der Waals surface area contributed by atoms with E-state index in [4.69, 9.17) is 4.74 Å². The zero-order valence-electron chi connectivity index (χ0n) is 15.1. The number of urea groups is 1. The summed E-state index contributed by atoms with van der Waals surface area (Å²) in [7, 11) is 0. The smallest absolute Gasteiger partial charge is 0.339 e. The Morgan fingerprint density at radius 1 is 1.04 bits per heavy atom. The third-order valence-electron chi connectivity index (χ3n) is 4.53. The highest BCUT2D eigenvalue weighted by Gasteiger charge is 2.24. The number of nitrogens with zero attached hydrogens (tertiary/aromatic N) is 2. The fourth-order valence-electron chi connectivity index (χ4n) is 3.15. The second-order valence-electron chi connectivity index (χ2n) is 6.38. The van der Waals surface area contributed by atoms with Crippen LogP contribution in [0.25, 0.3) is 0 Å². The molecule has 2 heterocycles. The summed E-state index contributed by atoms with van der Waals surface area (Å²) >= 11 is 0. The Bertz CT molecular complexity index is 937. The number of pyridine rings is 1. The van der Waals surface area contributed by atoms with Crippen molar-refractivity contribution in [2.75, 3.05) is 18.0 Å². The van der Waals surface area contributed by atoms with Gasteiger partial charge in [0.25, 0.3) is 0 Å². The average molecular weight is 373 g/mol. The minimum Gasteiger partial charge on any atom is -0.447 e. The normalized spacial score (nSPS) is 14.4. The number of hydrogen-bond donors (Lipinski definition) is 1. The van der Waals surface area contributed by atoms with Gasteiger partial charge in [0.15, 0.2) is 6.10 Å². The quantitative estimate of drug-likeness (QED) is 0.694. The lowest BCUT2D eigenvalue weighted by Crippen LogP contribution is -2.27. The summed E-state index contributed by atoms with van der Waals surface area (Å²) in [5, 5.41) is 2.75. The van der Waals surface area contributed by atoms with Gasteiger partial charge in [-0.15, -0.1) is 0 Å². The van der Waals surface area contributed by atoms with Gasteiger partial charge in [-0.1, -0.05) is 42.5 Å². The van der Waals surface area contributed by atoms with Crippen molar-refractivity contribution >= 4 is 17.7 Å². The Labute approximate surface area is 162 Å². The number of carbonyl (C=O) groups is 2. The molecule has 1 fully saturated rings. The van der Waals surface area contributed by atoms with Crippen molar-refractivity contribution in [2.45, 2.75) is 6.10 Å². The van der Waals surface area contributed by atoms with Gasteiger partial charge >= 0.3 is 12.0 Å². The van der Waals surface area contributed by atoms with Crippen molar-refractivity contribution in [2.24, 2.45) is 0 Å². The van der Waals surface area contributed by atoms with E-state index in [1.54, 1.807) is 35.4 Å². The van der Waals surface area contributed by atoms with E-state index in [2.05, 4.69) is 10.3 Å². The first-order chi connectivity index (χ1) is 13.7. The molecule has 6 nitrogen and oxygen atoms in total. The molecule has 1 atom stereocenters. The zero-order chi connectivity index (χ0) is 19.3. The lowest BCUT2D eigenvalue weighted by molar-refractivity contribution is 0.0370. The van der Waals surface area contributed by atoms with Gasteiger partial charge in [-0.25, -0.2) is 9.59 Å². The van der Waals surface area contributed by atoms with Crippen molar-refractivity contribution < 1.29 is 14.3 Å². The Morgan fingerprint density at radius 3 is 2.57 bits per heavy atom. The van der Waals surface area contributed by atoms with Gasteiger partial charge in [-0.3, -0.25) is 9.88 Å². The molecule has 1 aromatic heterocycles. The molecule has 0 radical (unpaired) electrons. The highest BCUT2D eigenvalue weighted by molar-refractivity contribution is 5.96. The maximum absolute atomic E-state index is 12.9. The fraction of sp³-hybridized carbons (Fsp3) is 0.136. The van der Waals surface area contributed by atoms with Crippen molar-refractivity contribution in [1.29, 1.82) is 0 Å². The van der Waals surface area contributed by atoms with Crippen molar-refractivity contribution in [3.63, 3.8) is 0 Å². The number of nitrogens with one attached hydrogen (secondary N) is 1. The molecule has 0 bridgehead atoms. The summed E-state index contributed by atoms with van der Waals surface area (Å²) in [6.07, 6.45) is 1.06. The Kier molecular flexibility index (Phi) is 5.01.